The Hall–Kier alpha value is -1.46. The van der Waals surface area contributed by atoms with Crippen molar-refractivity contribution in [2.75, 3.05) is 0 Å². The molecule has 4 nitrogen and oxygen atoms in total. The summed E-state index contributed by atoms with van der Waals surface area (Å²) in [6.07, 6.45) is 6.87. The minimum absolute atomic E-state index is 0.0837. The molecule has 0 heterocycles. The largest absolute Gasteiger partial charge is 0.506 e. The third kappa shape index (κ3) is 4.74. The van der Waals surface area contributed by atoms with E-state index in [1.165, 1.54) is 12.1 Å². The fourth-order valence-corrected chi connectivity index (χ4v) is 3.87. The van der Waals surface area contributed by atoms with Gasteiger partial charge in [-0.1, -0.05) is 59.2 Å². The first-order valence-corrected chi connectivity index (χ1v) is 10.3. The van der Waals surface area contributed by atoms with E-state index in [-0.39, 0.29) is 33.6 Å². The molecule has 2 N–H and O–H groups in total. The van der Waals surface area contributed by atoms with Crippen LogP contribution < -0.4 is 0 Å². The van der Waals surface area contributed by atoms with Crippen molar-refractivity contribution in [3.05, 3.63) is 55.5 Å². The number of aromatic hydroxyl groups is 2. The Kier molecular flexibility index (Phi) is 7.10. The normalized spacial score (nSPS) is 20.3. The summed E-state index contributed by atoms with van der Waals surface area (Å²) >= 11 is 24.2. The van der Waals surface area contributed by atoms with E-state index < -0.39 is 0 Å². The predicted octanol–water partition coefficient (Wildman–Crippen LogP) is 6.56. The second-order valence-electron chi connectivity index (χ2n) is 6.56. The second-order valence-corrected chi connectivity index (χ2v) is 8.19. The molecule has 0 saturated heterocycles. The molecule has 0 bridgehead atoms. The molecule has 8 heteroatoms. The van der Waals surface area contributed by atoms with Crippen molar-refractivity contribution in [3.8, 4) is 11.5 Å². The van der Waals surface area contributed by atoms with Gasteiger partial charge in [0.05, 0.1) is 43.3 Å². The van der Waals surface area contributed by atoms with Crippen molar-refractivity contribution in [1.29, 1.82) is 0 Å². The van der Waals surface area contributed by atoms with Crippen LogP contribution in [0.4, 0.5) is 0 Å². The van der Waals surface area contributed by atoms with Gasteiger partial charge in [0.25, 0.3) is 0 Å². The fourth-order valence-electron chi connectivity index (χ4n) is 3.14. The fraction of sp³-hybridized carbons (Fsp3) is 0.300. The summed E-state index contributed by atoms with van der Waals surface area (Å²) < 4.78 is 0. The first-order chi connectivity index (χ1) is 13.4. The van der Waals surface area contributed by atoms with Gasteiger partial charge < -0.3 is 10.2 Å². The molecule has 0 amide bonds. The Labute approximate surface area is 183 Å². The number of aliphatic imine (C=N–C) groups is 2. The third-order valence-electron chi connectivity index (χ3n) is 4.71. The maximum atomic E-state index is 10.1. The monoisotopic (exact) mass is 458 g/mol. The molecule has 0 aliphatic heterocycles. The number of nitrogens with zero attached hydrogens (tertiary/aromatic N) is 2. The minimum Gasteiger partial charge on any atom is -0.506 e. The highest BCUT2D eigenvalue weighted by molar-refractivity contribution is 6.37. The lowest BCUT2D eigenvalue weighted by Crippen LogP contribution is -2.27. The molecule has 0 aromatic heterocycles. The summed E-state index contributed by atoms with van der Waals surface area (Å²) in [6, 6.07) is 6.13. The number of halogens is 4. The molecule has 2 atom stereocenters. The molecule has 28 heavy (non-hydrogen) atoms. The summed E-state index contributed by atoms with van der Waals surface area (Å²) in [5, 5.41) is 21.4. The zero-order valence-corrected chi connectivity index (χ0v) is 17.8. The van der Waals surface area contributed by atoms with Gasteiger partial charge >= 0.3 is 0 Å². The van der Waals surface area contributed by atoms with Gasteiger partial charge in [-0.05, 0) is 37.1 Å². The van der Waals surface area contributed by atoms with E-state index in [0.29, 0.717) is 21.2 Å². The van der Waals surface area contributed by atoms with Gasteiger partial charge in [0, 0.05) is 12.4 Å². The average Bonchev–Trinajstić information content (AvgIpc) is 2.69. The Morgan fingerprint density at radius 3 is 1.43 bits per heavy atom. The lowest BCUT2D eigenvalue weighted by molar-refractivity contribution is 0.390. The van der Waals surface area contributed by atoms with Gasteiger partial charge in [0.1, 0.15) is 11.5 Å². The molecule has 0 spiro atoms. The smallest absolute Gasteiger partial charge is 0.144 e. The van der Waals surface area contributed by atoms with E-state index in [0.717, 1.165) is 25.7 Å². The van der Waals surface area contributed by atoms with Gasteiger partial charge in [-0.15, -0.1) is 0 Å². The van der Waals surface area contributed by atoms with Crippen molar-refractivity contribution in [3.63, 3.8) is 0 Å². The van der Waals surface area contributed by atoms with E-state index in [4.69, 9.17) is 46.4 Å². The van der Waals surface area contributed by atoms with Crippen LogP contribution in [0.2, 0.25) is 20.1 Å². The topological polar surface area (TPSA) is 65.2 Å². The molecule has 0 unspecified atom stereocenters. The second kappa shape index (κ2) is 9.36. The molecule has 1 aliphatic carbocycles. The zero-order valence-electron chi connectivity index (χ0n) is 14.7. The van der Waals surface area contributed by atoms with Crippen molar-refractivity contribution < 1.29 is 10.2 Å². The van der Waals surface area contributed by atoms with E-state index in [9.17, 15) is 10.2 Å². The summed E-state index contributed by atoms with van der Waals surface area (Å²) in [5.41, 5.74) is 0.774. The molecule has 148 valence electrons. The van der Waals surface area contributed by atoms with Crippen LogP contribution in [0, 0.1) is 0 Å². The lowest BCUT2D eigenvalue weighted by Gasteiger charge is -2.25. The third-order valence-corrected chi connectivity index (χ3v) is 5.98. The van der Waals surface area contributed by atoms with E-state index >= 15 is 0 Å². The molecule has 2 aromatic rings. The molecule has 1 aliphatic rings. The van der Waals surface area contributed by atoms with Crippen LogP contribution >= 0.6 is 46.4 Å². The van der Waals surface area contributed by atoms with E-state index in [1.54, 1.807) is 24.6 Å². The Balaban J connectivity index is 1.84. The van der Waals surface area contributed by atoms with Crippen LogP contribution in [0.15, 0.2) is 34.3 Å². The van der Waals surface area contributed by atoms with Crippen LogP contribution in [0.3, 0.4) is 0 Å². The van der Waals surface area contributed by atoms with Crippen molar-refractivity contribution in [2.45, 2.75) is 37.8 Å². The first-order valence-electron chi connectivity index (χ1n) is 8.78. The molecule has 0 radical (unpaired) electrons. The van der Waals surface area contributed by atoms with E-state index in [2.05, 4.69) is 9.98 Å². The number of phenols is 2. The van der Waals surface area contributed by atoms with E-state index in [1.807, 2.05) is 0 Å². The first kappa shape index (κ1) is 21.3. The maximum absolute atomic E-state index is 10.1. The molecular formula is C20H18Cl4N2O2. The molecule has 1 saturated carbocycles. The molecular weight excluding hydrogens is 442 g/mol. The predicted molar refractivity (Wildman–Crippen MR) is 117 cm³/mol. The van der Waals surface area contributed by atoms with Gasteiger partial charge in [-0.2, -0.15) is 0 Å². The SMILES string of the molecule is Oc1c(Cl)ccc(Cl)c1C=N[C@@H]1CCCC[C@H]1N=Cc1c(Cl)ccc(Cl)c1O. The van der Waals surface area contributed by atoms with Crippen LogP contribution in [0.5, 0.6) is 11.5 Å². The summed E-state index contributed by atoms with van der Waals surface area (Å²) in [7, 11) is 0. The van der Waals surface area contributed by atoms with Crippen LogP contribution in [0.1, 0.15) is 36.8 Å². The number of hydrogen-bond donors (Lipinski definition) is 2. The Bertz CT molecular complexity index is 855. The Morgan fingerprint density at radius 1 is 0.679 bits per heavy atom. The minimum atomic E-state index is -0.0931. The molecule has 2 aromatic carbocycles. The quantitative estimate of drug-likeness (QED) is 0.508. The summed E-state index contributed by atoms with van der Waals surface area (Å²) in [4.78, 5) is 9.22. The zero-order chi connectivity index (χ0) is 20.3. The van der Waals surface area contributed by atoms with Gasteiger partial charge in [0.2, 0.25) is 0 Å². The van der Waals surface area contributed by atoms with Crippen LogP contribution in [-0.2, 0) is 0 Å². The number of rotatable bonds is 4. The summed E-state index contributed by atoms with van der Waals surface area (Å²) in [5.74, 6) is -0.186. The van der Waals surface area contributed by atoms with Crippen molar-refractivity contribution in [1.82, 2.24) is 0 Å². The van der Waals surface area contributed by atoms with Gasteiger partial charge in [-0.25, -0.2) is 0 Å². The molecule has 3 rings (SSSR count). The number of hydrogen-bond acceptors (Lipinski definition) is 4. The lowest BCUT2D eigenvalue weighted by atomic mass is 9.91. The van der Waals surface area contributed by atoms with Gasteiger partial charge in [0.15, 0.2) is 0 Å². The van der Waals surface area contributed by atoms with Crippen molar-refractivity contribution >= 4 is 58.8 Å². The van der Waals surface area contributed by atoms with Crippen molar-refractivity contribution in [2.24, 2.45) is 9.98 Å². The molecule has 1 fully saturated rings. The summed E-state index contributed by atoms with van der Waals surface area (Å²) in [6.45, 7) is 0. The van der Waals surface area contributed by atoms with Crippen LogP contribution in [-0.4, -0.2) is 34.7 Å². The average molecular weight is 460 g/mol. The highest BCUT2D eigenvalue weighted by atomic mass is 35.5. The highest BCUT2D eigenvalue weighted by Gasteiger charge is 2.24. The number of benzene rings is 2. The Morgan fingerprint density at radius 2 is 1.04 bits per heavy atom. The van der Waals surface area contributed by atoms with Crippen LogP contribution in [0.25, 0.3) is 0 Å². The highest BCUT2D eigenvalue weighted by Crippen LogP contribution is 2.33. The maximum Gasteiger partial charge on any atom is 0.144 e. The van der Waals surface area contributed by atoms with Gasteiger partial charge in [-0.3, -0.25) is 9.98 Å². The standard InChI is InChI=1S/C20H18Cl4N2O2/c21-13-5-7-15(23)19(27)11(13)9-25-17-3-1-2-4-18(17)26-10-12-14(22)6-8-16(24)20(12)28/h5-10,17-18,27-28H,1-4H2/t17-,18-/m1/s1. The number of phenolic OH excluding ortho intramolecular Hbond substituents is 2.